The molecule has 6 heteroatoms. The van der Waals surface area contributed by atoms with Crippen LogP contribution in [-0.2, 0) is 12.0 Å². The van der Waals surface area contributed by atoms with Crippen molar-refractivity contribution in [3.05, 3.63) is 69.4 Å². The van der Waals surface area contributed by atoms with E-state index in [1.165, 1.54) is 12.1 Å². The van der Waals surface area contributed by atoms with Crippen molar-refractivity contribution >= 4 is 28.3 Å². The zero-order valence-corrected chi connectivity index (χ0v) is 16.8. The number of aliphatic hydroxyl groups is 2. The summed E-state index contributed by atoms with van der Waals surface area (Å²) in [6.07, 6.45) is 0.650. The largest absolute Gasteiger partial charge is 0.395 e. The van der Waals surface area contributed by atoms with E-state index < -0.39 is 5.41 Å². The molecule has 0 amide bonds. The lowest BCUT2D eigenvalue weighted by molar-refractivity contribution is 0.195. The normalized spacial score (nSPS) is 13.4. The van der Waals surface area contributed by atoms with Crippen molar-refractivity contribution in [2.24, 2.45) is 0 Å². The number of halogens is 3. The van der Waals surface area contributed by atoms with E-state index in [0.717, 1.165) is 27.7 Å². The Balaban J connectivity index is 0.00000312. The van der Waals surface area contributed by atoms with E-state index in [-0.39, 0.29) is 31.4 Å². The van der Waals surface area contributed by atoms with Gasteiger partial charge in [-0.2, -0.15) is 0 Å². The van der Waals surface area contributed by atoms with Crippen LogP contribution in [0, 0.1) is 5.82 Å². The molecule has 0 heterocycles. The van der Waals surface area contributed by atoms with E-state index >= 15 is 0 Å². The molecule has 138 valence electrons. The summed E-state index contributed by atoms with van der Waals surface area (Å²) >= 11 is 3.42. The third-order valence-electron chi connectivity index (χ3n) is 4.41. The molecular weight excluding hydrogens is 409 g/mol. The van der Waals surface area contributed by atoms with E-state index in [1.54, 1.807) is 12.1 Å². The first kappa shape index (κ1) is 22.1. The second kappa shape index (κ2) is 9.64. The van der Waals surface area contributed by atoms with Crippen molar-refractivity contribution in [1.82, 2.24) is 4.90 Å². The third kappa shape index (κ3) is 5.02. The molecule has 0 saturated heterocycles. The highest BCUT2D eigenvalue weighted by Gasteiger charge is 2.35. The SMILES string of the molecule is CN(C)CCC(CO)(c1ccc(F)cc1)c1ccc(Br)cc1CO.Cl. The number of benzene rings is 2. The highest BCUT2D eigenvalue weighted by Crippen LogP contribution is 2.38. The van der Waals surface area contributed by atoms with E-state index in [9.17, 15) is 14.6 Å². The molecule has 0 aliphatic heterocycles. The summed E-state index contributed by atoms with van der Waals surface area (Å²) in [4.78, 5) is 2.05. The van der Waals surface area contributed by atoms with Gasteiger partial charge in [0.05, 0.1) is 13.2 Å². The van der Waals surface area contributed by atoms with Crippen LogP contribution < -0.4 is 0 Å². The summed E-state index contributed by atoms with van der Waals surface area (Å²) in [7, 11) is 3.95. The molecule has 0 bridgehead atoms. The molecule has 0 radical (unpaired) electrons. The van der Waals surface area contributed by atoms with Crippen molar-refractivity contribution < 1.29 is 14.6 Å². The maximum atomic E-state index is 13.4. The Hall–Kier alpha value is -0.980. The van der Waals surface area contributed by atoms with Crippen molar-refractivity contribution in [1.29, 1.82) is 0 Å². The van der Waals surface area contributed by atoms with Crippen LogP contribution in [0.1, 0.15) is 23.1 Å². The van der Waals surface area contributed by atoms with Gasteiger partial charge < -0.3 is 15.1 Å². The zero-order chi connectivity index (χ0) is 17.7. The Labute approximate surface area is 163 Å². The second-order valence-corrected chi connectivity index (χ2v) is 7.18. The van der Waals surface area contributed by atoms with E-state index in [2.05, 4.69) is 15.9 Å². The summed E-state index contributed by atoms with van der Waals surface area (Å²) < 4.78 is 14.2. The molecule has 0 spiro atoms. The standard InChI is InChI=1S/C19H23BrFNO2.ClH/c1-22(2)10-9-19(13-24,15-3-6-17(21)7-4-15)18-8-5-16(20)11-14(18)12-23;/h3-8,11,23-24H,9-10,12-13H2,1-2H3;1H. The van der Waals surface area contributed by atoms with Gasteiger partial charge in [0, 0.05) is 9.89 Å². The maximum Gasteiger partial charge on any atom is 0.123 e. The minimum atomic E-state index is -0.698. The quantitative estimate of drug-likeness (QED) is 0.700. The average Bonchev–Trinajstić information content (AvgIpc) is 2.57. The lowest BCUT2D eigenvalue weighted by Crippen LogP contribution is -2.36. The number of rotatable bonds is 7. The number of aliphatic hydroxyl groups excluding tert-OH is 2. The fraction of sp³-hybridized carbons (Fsp3) is 0.368. The third-order valence-corrected chi connectivity index (χ3v) is 4.90. The molecule has 0 aliphatic rings. The first-order valence-corrected chi connectivity index (χ1v) is 8.63. The van der Waals surface area contributed by atoms with Crippen LogP contribution in [0.25, 0.3) is 0 Å². The summed E-state index contributed by atoms with van der Waals surface area (Å²) in [5.74, 6) is -0.309. The Kier molecular flexibility index (Phi) is 8.51. The van der Waals surface area contributed by atoms with Gasteiger partial charge in [-0.3, -0.25) is 0 Å². The highest BCUT2D eigenvalue weighted by atomic mass is 79.9. The van der Waals surface area contributed by atoms with Gasteiger partial charge in [0.2, 0.25) is 0 Å². The van der Waals surface area contributed by atoms with Crippen molar-refractivity contribution in [2.75, 3.05) is 27.2 Å². The molecule has 2 aromatic carbocycles. The van der Waals surface area contributed by atoms with Crippen LogP contribution in [-0.4, -0.2) is 42.4 Å². The zero-order valence-electron chi connectivity index (χ0n) is 14.4. The van der Waals surface area contributed by atoms with Gasteiger partial charge in [-0.15, -0.1) is 12.4 Å². The molecule has 2 aromatic rings. The molecule has 2 rings (SSSR count). The summed E-state index contributed by atoms with van der Waals surface area (Å²) in [6.45, 7) is 0.500. The topological polar surface area (TPSA) is 43.7 Å². The van der Waals surface area contributed by atoms with Crippen LogP contribution in [0.3, 0.4) is 0 Å². The average molecular weight is 433 g/mol. The number of hydrogen-bond acceptors (Lipinski definition) is 3. The van der Waals surface area contributed by atoms with E-state index in [1.807, 2.05) is 37.2 Å². The summed E-state index contributed by atoms with van der Waals surface area (Å²) in [6, 6.07) is 11.9. The summed E-state index contributed by atoms with van der Waals surface area (Å²) in [5, 5.41) is 20.1. The number of nitrogens with zero attached hydrogens (tertiary/aromatic N) is 1. The van der Waals surface area contributed by atoms with Crippen LogP contribution in [0.5, 0.6) is 0 Å². The van der Waals surface area contributed by atoms with Crippen LogP contribution in [0.4, 0.5) is 4.39 Å². The smallest absolute Gasteiger partial charge is 0.123 e. The Morgan fingerprint density at radius 2 is 1.72 bits per heavy atom. The summed E-state index contributed by atoms with van der Waals surface area (Å²) in [5.41, 5.74) is 1.76. The van der Waals surface area contributed by atoms with Gasteiger partial charge in [0.1, 0.15) is 5.82 Å². The predicted molar refractivity (Wildman–Crippen MR) is 105 cm³/mol. The Bertz CT molecular complexity index is 682. The van der Waals surface area contributed by atoms with Gasteiger partial charge >= 0.3 is 0 Å². The lowest BCUT2D eigenvalue weighted by atomic mass is 9.71. The second-order valence-electron chi connectivity index (χ2n) is 6.26. The van der Waals surface area contributed by atoms with Crippen LogP contribution in [0.2, 0.25) is 0 Å². The molecular formula is C19H24BrClFNO2. The fourth-order valence-corrected chi connectivity index (χ4v) is 3.44. The minimum Gasteiger partial charge on any atom is -0.395 e. The molecule has 0 fully saturated rings. The minimum absolute atomic E-state index is 0. The van der Waals surface area contributed by atoms with Gasteiger partial charge in [-0.05, 0) is 68.0 Å². The molecule has 3 nitrogen and oxygen atoms in total. The van der Waals surface area contributed by atoms with E-state index in [4.69, 9.17) is 0 Å². The first-order chi connectivity index (χ1) is 11.4. The molecule has 1 atom stereocenters. The first-order valence-electron chi connectivity index (χ1n) is 7.84. The van der Waals surface area contributed by atoms with Gasteiger partial charge in [-0.25, -0.2) is 4.39 Å². The maximum absolute atomic E-state index is 13.4. The lowest BCUT2D eigenvalue weighted by Gasteiger charge is -2.36. The van der Waals surface area contributed by atoms with Crippen molar-refractivity contribution in [3.8, 4) is 0 Å². The van der Waals surface area contributed by atoms with E-state index in [0.29, 0.717) is 6.42 Å². The monoisotopic (exact) mass is 431 g/mol. The van der Waals surface area contributed by atoms with Gasteiger partial charge in [0.25, 0.3) is 0 Å². The molecule has 0 saturated carbocycles. The Morgan fingerprint density at radius 3 is 2.24 bits per heavy atom. The molecule has 2 N–H and O–H groups in total. The molecule has 0 aliphatic carbocycles. The van der Waals surface area contributed by atoms with Crippen LogP contribution in [0.15, 0.2) is 46.9 Å². The van der Waals surface area contributed by atoms with Crippen LogP contribution >= 0.6 is 28.3 Å². The van der Waals surface area contributed by atoms with Gasteiger partial charge in [-0.1, -0.05) is 34.1 Å². The fourth-order valence-electron chi connectivity index (χ4n) is 3.03. The predicted octanol–water partition coefficient (Wildman–Crippen LogP) is 3.73. The molecule has 25 heavy (non-hydrogen) atoms. The highest BCUT2D eigenvalue weighted by molar-refractivity contribution is 9.10. The van der Waals surface area contributed by atoms with Crippen molar-refractivity contribution in [3.63, 3.8) is 0 Å². The Morgan fingerprint density at radius 1 is 1.08 bits per heavy atom. The van der Waals surface area contributed by atoms with Crippen molar-refractivity contribution in [2.45, 2.75) is 18.4 Å². The molecule has 1 unspecified atom stereocenters. The van der Waals surface area contributed by atoms with Gasteiger partial charge in [0.15, 0.2) is 0 Å². The molecule has 0 aromatic heterocycles. The number of hydrogen-bond donors (Lipinski definition) is 2.